The van der Waals surface area contributed by atoms with Crippen LogP contribution in [0.4, 0.5) is 8.78 Å². The second kappa shape index (κ2) is 7.01. The lowest BCUT2D eigenvalue weighted by Crippen LogP contribution is -2.10. The van der Waals surface area contributed by atoms with E-state index in [4.69, 9.17) is 4.74 Å². The van der Waals surface area contributed by atoms with Gasteiger partial charge in [0.1, 0.15) is 17.5 Å². The maximum Gasteiger partial charge on any atom is 0.167 e. The number of pyridine rings is 1. The van der Waals surface area contributed by atoms with Crippen molar-refractivity contribution in [2.45, 2.75) is 19.4 Å². The largest absolute Gasteiger partial charge is 0.494 e. The van der Waals surface area contributed by atoms with E-state index in [0.717, 1.165) is 27.9 Å². The van der Waals surface area contributed by atoms with Crippen molar-refractivity contribution in [3.8, 4) is 11.4 Å². The molecule has 0 saturated carbocycles. The number of aliphatic hydroxyl groups excluding tert-OH is 1. The zero-order valence-electron chi connectivity index (χ0n) is 15.2. The van der Waals surface area contributed by atoms with E-state index in [9.17, 15) is 13.9 Å². The van der Waals surface area contributed by atoms with Gasteiger partial charge in [0.15, 0.2) is 17.4 Å². The Kier molecular flexibility index (Phi) is 4.52. The highest BCUT2D eigenvalue weighted by atomic mass is 19.1. The van der Waals surface area contributed by atoms with Gasteiger partial charge in [0, 0.05) is 12.1 Å². The number of aromatic nitrogens is 5. The molecule has 3 aromatic heterocycles. The molecule has 0 aliphatic rings. The smallest absolute Gasteiger partial charge is 0.167 e. The molecule has 0 aliphatic carbocycles. The van der Waals surface area contributed by atoms with Gasteiger partial charge < -0.3 is 9.84 Å². The Morgan fingerprint density at radius 3 is 2.79 bits per heavy atom. The highest BCUT2D eigenvalue weighted by Gasteiger charge is 2.22. The number of ether oxygens (including phenoxy) is 1. The van der Waals surface area contributed by atoms with Crippen molar-refractivity contribution in [2.24, 2.45) is 0 Å². The SMILES string of the molecule is CCc1ccc2cncn2c1C(O)c1cn(-c2cc(F)c(OC)cc2F)nn1. The van der Waals surface area contributed by atoms with Gasteiger partial charge in [-0.3, -0.25) is 4.40 Å². The fourth-order valence-electron chi connectivity index (χ4n) is 3.17. The molecule has 0 saturated heterocycles. The second-order valence-corrected chi connectivity index (χ2v) is 6.21. The number of nitrogens with zero attached hydrogens (tertiary/aromatic N) is 5. The van der Waals surface area contributed by atoms with Crippen molar-refractivity contribution in [1.29, 1.82) is 0 Å². The van der Waals surface area contributed by atoms with E-state index < -0.39 is 17.7 Å². The second-order valence-electron chi connectivity index (χ2n) is 6.21. The van der Waals surface area contributed by atoms with E-state index in [2.05, 4.69) is 15.3 Å². The number of rotatable bonds is 5. The zero-order chi connectivity index (χ0) is 19.8. The summed E-state index contributed by atoms with van der Waals surface area (Å²) in [6.07, 6.45) is 4.22. The molecular weight excluding hydrogens is 368 g/mol. The van der Waals surface area contributed by atoms with Gasteiger partial charge in [-0.15, -0.1) is 5.10 Å². The molecular formula is C19H17F2N5O2. The lowest BCUT2D eigenvalue weighted by molar-refractivity contribution is 0.207. The minimum Gasteiger partial charge on any atom is -0.494 e. The number of halogens is 2. The Hall–Kier alpha value is -3.33. The molecule has 0 bridgehead atoms. The van der Waals surface area contributed by atoms with E-state index in [0.29, 0.717) is 12.1 Å². The molecule has 7 nitrogen and oxygen atoms in total. The van der Waals surface area contributed by atoms with Gasteiger partial charge in [-0.05, 0) is 18.1 Å². The van der Waals surface area contributed by atoms with Gasteiger partial charge in [-0.2, -0.15) is 0 Å². The average molecular weight is 385 g/mol. The van der Waals surface area contributed by atoms with Crippen LogP contribution in [0.25, 0.3) is 11.2 Å². The fraction of sp³-hybridized carbons (Fsp3) is 0.211. The number of benzene rings is 1. The third-order valence-corrected chi connectivity index (χ3v) is 4.61. The van der Waals surface area contributed by atoms with Crippen LogP contribution in [0.2, 0.25) is 0 Å². The molecule has 4 rings (SSSR count). The lowest BCUT2D eigenvalue weighted by Gasteiger charge is -2.15. The van der Waals surface area contributed by atoms with Crippen LogP contribution in [0.5, 0.6) is 5.75 Å². The predicted octanol–water partition coefficient (Wildman–Crippen LogP) is 2.85. The first-order valence-electron chi connectivity index (χ1n) is 8.61. The highest BCUT2D eigenvalue weighted by Crippen LogP contribution is 2.27. The lowest BCUT2D eigenvalue weighted by atomic mass is 10.0. The average Bonchev–Trinajstić information content (AvgIpc) is 3.37. The van der Waals surface area contributed by atoms with Gasteiger partial charge in [0.2, 0.25) is 0 Å². The Morgan fingerprint density at radius 1 is 1.21 bits per heavy atom. The van der Waals surface area contributed by atoms with Crippen molar-refractivity contribution in [2.75, 3.05) is 7.11 Å². The number of fused-ring (bicyclic) bond motifs is 1. The van der Waals surface area contributed by atoms with E-state index in [1.165, 1.54) is 13.3 Å². The Morgan fingerprint density at radius 2 is 2.04 bits per heavy atom. The van der Waals surface area contributed by atoms with Crippen LogP contribution in [0.1, 0.15) is 30.0 Å². The maximum absolute atomic E-state index is 14.3. The summed E-state index contributed by atoms with van der Waals surface area (Å²) in [6.45, 7) is 1.97. The van der Waals surface area contributed by atoms with Crippen molar-refractivity contribution in [1.82, 2.24) is 24.4 Å². The third-order valence-electron chi connectivity index (χ3n) is 4.61. The summed E-state index contributed by atoms with van der Waals surface area (Å²) in [6, 6.07) is 5.73. The number of aliphatic hydroxyl groups is 1. The molecule has 4 aromatic rings. The number of hydrogen-bond acceptors (Lipinski definition) is 5. The van der Waals surface area contributed by atoms with Crippen LogP contribution >= 0.6 is 0 Å². The summed E-state index contributed by atoms with van der Waals surface area (Å²) in [7, 11) is 1.25. The highest BCUT2D eigenvalue weighted by molar-refractivity contribution is 5.49. The van der Waals surface area contributed by atoms with Gasteiger partial charge in [0.25, 0.3) is 0 Å². The van der Waals surface area contributed by atoms with Crippen LogP contribution in [-0.4, -0.2) is 36.6 Å². The number of methoxy groups -OCH3 is 1. The molecule has 1 aromatic carbocycles. The Labute approximate surface area is 158 Å². The fourth-order valence-corrected chi connectivity index (χ4v) is 3.17. The Balaban J connectivity index is 1.77. The summed E-state index contributed by atoms with van der Waals surface area (Å²) in [5.41, 5.74) is 2.40. The first-order valence-corrected chi connectivity index (χ1v) is 8.61. The quantitative estimate of drug-likeness (QED) is 0.572. The molecule has 9 heteroatoms. The third kappa shape index (κ3) is 2.89. The van der Waals surface area contributed by atoms with E-state index in [1.54, 1.807) is 16.9 Å². The molecule has 3 heterocycles. The van der Waals surface area contributed by atoms with Crippen LogP contribution in [0.3, 0.4) is 0 Å². The molecule has 28 heavy (non-hydrogen) atoms. The summed E-state index contributed by atoms with van der Waals surface area (Å²) in [5.74, 6) is -1.66. The zero-order valence-corrected chi connectivity index (χ0v) is 15.2. The normalized spacial score (nSPS) is 12.5. The molecule has 1 unspecified atom stereocenters. The van der Waals surface area contributed by atoms with Crippen molar-refractivity contribution in [3.05, 3.63) is 71.6 Å². The molecule has 0 radical (unpaired) electrons. The van der Waals surface area contributed by atoms with Crippen molar-refractivity contribution < 1.29 is 18.6 Å². The molecule has 0 aliphatic heterocycles. The molecule has 0 amide bonds. The number of aryl methyl sites for hydroxylation is 1. The van der Waals surface area contributed by atoms with Gasteiger partial charge in [0.05, 0.1) is 37.0 Å². The van der Waals surface area contributed by atoms with Crippen molar-refractivity contribution in [3.63, 3.8) is 0 Å². The van der Waals surface area contributed by atoms with Gasteiger partial charge in [-0.25, -0.2) is 18.4 Å². The number of hydrogen-bond donors (Lipinski definition) is 1. The molecule has 144 valence electrons. The standard InChI is InChI=1S/C19H17F2N5O2/c1-3-11-4-5-12-8-22-10-25(12)18(11)19(27)15-9-26(24-23-15)16-6-14(21)17(28-2)7-13(16)20/h4-10,19,27H,3H2,1-2H3. The van der Waals surface area contributed by atoms with E-state index in [-0.39, 0.29) is 17.1 Å². The van der Waals surface area contributed by atoms with E-state index >= 15 is 0 Å². The molecule has 0 fully saturated rings. The summed E-state index contributed by atoms with van der Waals surface area (Å²) in [5, 5.41) is 18.7. The van der Waals surface area contributed by atoms with Crippen molar-refractivity contribution >= 4 is 5.52 Å². The van der Waals surface area contributed by atoms with Crippen LogP contribution in [0, 0.1) is 11.6 Å². The van der Waals surface area contributed by atoms with Gasteiger partial charge >= 0.3 is 0 Å². The maximum atomic E-state index is 14.3. The molecule has 0 spiro atoms. The predicted molar refractivity (Wildman–Crippen MR) is 96.5 cm³/mol. The van der Waals surface area contributed by atoms with E-state index in [1.807, 2.05) is 19.1 Å². The van der Waals surface area contributed by atoms with Crippen LogP contribution < -0.4 is 4.74 Å². The first-order chi connectivity index (χ1) is 13.5. The first kappa shape index (κ1) is 18.1. The monoisotopic (exact) mass is 385 g/mol. The van der Waals surface area contributed by atoms with Crippen LogP contribution in [0.15, 0.2) is 43.0 Å². The summed E-state index contributed by atoms with van der Waals surface area (Å²) >= 11 is 0. The molecule has 1 N–H and O–H groups in total. The van der Waals surface area contributed by atoms with Gasteiger partial charge in [-0.1, -0.05) is 18.2 Å². The minimum atomic E-state index is -1.12. The Bertz CT molecular complexity index is 1150. The topological polar surface area (TPSA) is 77.5 Å². The van der Waals surface area contributed by atoms with Crippen LogP contribution in [-0.2, 0) is 6.42 Å². The number of imidazole rings is 1. The summed E-state index contributed by atoms with van der Waals surface area (Å²) < 4.78 is 35.9. The summed E-state index contributed by atoms with van der Waals surface area (Å²) in [4.78, 5) is 4.11. The minimum absolute atomic E-state index is 0.138. The molecule has 1 atom stereocenters.